The van der Waals surface area contributed by atoms with E-state index in [-0.39, 0.29) is 5.56 Å². The maximum atomic E-state index is 12.7. The number of halogens is 3. The van der Waals surface area contributed by atoms with E-state index >= 15 is 0 Å². The SMILES string of the molecule is CNc1ccccc1C(=O)OCC(=O)Nc1ccc(C(F)(F)F)cc1[N+](=O)[O-]. The topological polar surface area (TPSA) is 111 Å². The van der Waals surface area contributed by atoms with Crippen molar-refractivity contribution in [2.24, 2.45) is 0 Å². The Bertz CT molecular complexity index is 915. The van der Waals surface area contributed by atoms with Crippen LogP contribution in [0.25, 0.3) is 0 Å². The van der Waals surface area contributed by atoms with Gasteiger partial charge in [0.05, 0.1) is 16.1 Å². The second-order valence-corrected chi connectivity index (χ2v) is 5.41. The molecule has 2 N–H and O–H groups in total. The molecule has 8 nitrogen and oxygen atoms in total. The average molecular weight is 397 g/mol. The van der Waals surface area contributed by atoms with E-state index in [9.17, 15) is 32.9 Å². The minimum atomic E-state index is -4.77. The van der Waals surface area contributed by atoms with Crippen molar-refractivity contribution in [2.45, 2.75) is 6.18 Å². The van der Waals surface area contributed by atoms with Crippen molar-refractivity contribution in [1.29, 1.82) is 0 Å². The van der Waals surface area contributed by atoms with Crippen molar-refractivity contribution in [3.63, 3.8) is 0 Å². The van der Waals surface area contributed by atoms with Crippen molar-refractivity contribution in [3.8, 4) is 0 Å². The molecule has 0 saturated heterocycles. The summed E-state index contributed by atoms with van der Waals surface area (Å²) in [7, 11) is 1.59. The van der Waals surface area contributed by atoms with Crippen molar-refractivity contribution in [2.75, 3.05) is 24.3 Å². The summed E-state index contributed by atoms with van der Waals surface area (Å²) in [6, 6.07) is 8.01. The third-order valence-corrected chi connectivity index (χ3v) is 3.55. The average Bonchev–Trinajstić information content (AvgIpc) is 2.65. The highest BCUT2D eigenvalue weighted by Crippen LogP contribution is 2.34. The summed E-state index contributed by atoms with van der Waals surface area (Å²) >= 11 is 0. The minimum absolute atomic E-state index is 0.165. The number of hydrogen-bond acceptors (Lipinski definition) is 6. The maximum absolute atomic E-state index is 12.7. The summed E-state index contributed by atoms with van der Waals surface area (Å²) in [4.78, 5) is 33.9. The summed E-state index contributed by atoms with van der Waals surface area (Å²) in [5.74, 6) is -1.76. The van der Waals surface area contributed by atoms with Gasteiger partial charge in [-0.15, -0.1) is 0 Å². The molecule has 148 valence electrons. The van der Waals surface area contributed by atoms with Crippen LogP contribution in [0.2, 0.25) is 0 Å². The number of hydrogen-bond donors (Lipinski definition) is 2. The first-order valence-corrected chi connectivity index (χ1v) is 7.73. The zero-order chi connectivity index (χ0) is 20.9. The molecular formula is C17H14F3N3O5. The fourth-order valence-corrected chi connectivity index (χ4v) is 2.24. The number of alkyl halides is 3. The predicted molar refractivity (Wildman–Crippen MR) is 93.0 cm³/mol. The Morgan fingerprint density at radius 2 is 1.82 bits per heavy atom. The molecule has 0 bridgehead atoms. The first kappa shape index (κ1) is 20.7. The lowest BCUT2D eigenvalue weighted by molar-refractivity contribution is -0.384. The van der Waals surface area contributed by atoms with E-state index in [0.717, 1.165) is 6.07 Å². The van der Waals surface area contributed by atoms with E-state index in [1.54, 1.807) is 25.2 Å². The Hall–Kier alpha value is -3.63. The molecule has 0 heterocycles. The number of para-hydroxylation sites is 1. The van der Waals surface area contributed by atoms with Gasteiger partial charge in [-0.3, -0.25) is 14.9 Å². The van der Waals surface area contributed by atoms with Gasteiger partial charge in [0, 0.05) is 18.8 Å². The Morgan fingerprint density at radius 3 is 2.43 bits per heavy atom. The number of nitrogens with zero attached hydrogens (tertiary/aromatic N) is 1. The van der Waals surface area contributed by atoms with Gasteiger partial charge in [-0.05, 0) is 24.3 Å². The first-order valence-electron chi connectivity index (χ1n) is 7.73. The zero-order valence-corrected chi connectivity index (χ0v) is 14.4. The summed E-state index contributed by atoms with van der Waals surface area (Å²) in [6.45, 7) is -0.783. The van der Waals surface area contributed by atoms with Gasteiger partial charge >= 0.3 is 12.1 Å². The summed E-state index contributed by atoms with van der Waals surface area (Å²) in [5, 5.41) is 15.8. The fourth-order valence-electron chi connectivity index (χ4n) is 2.24. The van der Waals surface area contributed by atoms with E-state index in [1.165, 1.54) is 6.07 Å². The molecule has 2 aromatic rings. The Labute approximate surface area is 156 Å². The maximum Gasteiger partial charge on any atom is 0.416 e. The van der Waals surface area contributed by atoms with Crippen LogP contribution in [0.15, 0.2) is 42.5 Å². The molecule has 2 aromatic carbocycles. The molecule has 0 saturated carbocycles. The number of anilines is 2. The molecule has 0 aliphatic carbocycles. The number of nitro groups is 1. The van der Waals surface area contributed by atoms with Crippen LogP contribution in [-0.4, -0.2) is 30.5 Å². The van der Waals surface area contributed by atoms with Gasteiger partial charge < -0.3 is 15.4 Å². The molecule has 2 rings (SSSR count). The van der Waals surface area contributed by atoms with Gasteiger partial charge in [0.1, 0.15) is 5.69 Å². The number of nitro benzene ring substituents is 1. The normalized spacial score (nSPS) is 10.9. The molecule has 0 spiro atoms. The zero-order valence-electron chi connectivity index (χ0n) is 14.4. The van der Waals surface area contributed by atoms with Crippen LogP contribution in [0.4, 0.5) is 30.2 Å². The van der Waals surface area contributed by atoms with Crippen LogP contribution in [-0.2, 0) is 15.7 Å². The third kappa shape index (κ3) is 4.96. The smallest absolute Gasteiger partial charge is 0.416 e. The summed E-state index contributed by atoms with van der Waals surface area (Å²) < 4.78 is 42.9. The quantitative estimate of drug-likeness (QED) is 0.439. The van der Waals surface area contributed by atoms with Gasteiger partial charge in [-0.1, -0.05) is 12.1 Å². The lowest BCUT2D eigenvalue weighted by Crippen LogP contribution is -2.22. The number of ether oxygens (including phenoxy) is 1. The Kier molecular flexibility index (Phi) is 6.18. The number of carbonyl (C=O) groups is 2. The molecule has 0 aromatic heterocycles. The lowest BCUT2D eigenvalue weighted by atomic mass is 10.1. The van der Waals surface area contributed by atoms with Crippen LogP contribution in [0, 0.1) is 10.1 Å². The number of carbonyl (C=O) groups excluding carboxylic acids is 2. The molecular weight excluding hydrogens is 383 g/mol. The highest BCUT2D eigenvalue weighted by Gasteiger charge is 2.33. The molecule has 0 aliphatic rings. The van der Waals surface area contributed by atoms with Gasteiger partial charge in [0.25, 0.3) is 11.6 Å². The van der Waals surface area contributed by atoms with Crippen LogP contribution in [0.3, 0.4) is 0 Å². The molecule has 1 amide bonds. The lowest BCUT2D eigenvalue weighted by Gasteiger charge is -2.11. The van der Waals surface area contributed by atoms with Crippen molar-refractivity contribution < 1.29 is 32.4 Å². The number of benzene rings is 2. The van der Waals surface area contributed by atoms with E-state index in [0.29, 0.717) is 17.8 Å². The third-order valence-electron chi connectivity index (χ3n) is 3.55. The van der Waals surface area contributed by atoms with Crippen LogP contribution >= 0.6 is 0 Å². The van der Waals surface area contributed by atoms with Gasteiger partial charge in [0.15, 0.2) is 6.61 Å². The van der Waals surface area contributed by atoms with Crippen molar-refractivity contribution >= 4 is 28.9 Å². The van der Waals surface area contributed by atoms with Crippen LogP contribution in [0.5, 0.6) is 0 Å². The van der Waals surface area contributed by atoms with Gasteiger partial charge in [-0.2, -0.15) is 13.2 Å². The molecule has 0 atom stereocenters. The minimum Gasteiger partial charge on any atom is -0.452 e. The molecule has 0 fully saturated rings. The number of esters is 1. The monoisotopic (exact) mass is 397 g/mol. The highest BCUT2D eigenvalue weighted by molar-refractivity contribution is 5.99. The second-order valence-electron chi connectivity index (χ2n) is 5.41. The largest absolute Gasteiger partial charge is 0.452 e. The van der Waals surface area contributed by atoms with E-state index in [1.807, 2.05) is 0 Å². The molecule has 11 heteroatoms. The van der Waals surface area contributed by atoms with E-state index in [2.05, 4.69) is 10.6 Å². The van der Waals surface area contributed by atoms with Crippen LogP contribution < -0.4 is 10.6 Å². The van der Waals surface area contributed by atoms with Gasteiger partial charge in [0.2, 0.25) is 0 Å². The number of amides is 1. The standard InChI is InChI=1S/C17H14F3N3O5/c1-21-12-5-3-2-4-11(12)16(25)28-9-15(24)22-13-7-6-10(17(18,19)20)8-14(13)23(26)27/h2-8,21H,9H2,1H3,(H,22,24). The first-order chi connectivity index (χ1) is 13.1. The summed E-state index contributed by atoms with van der Waals surface area (Å²) in [5.41, 5.74) is -1.98. The van der Waals surface area contributed by atoms with Crippen molar-refractivity contribution in [3.05, 3.63) is 63.7 Å². The van der Waals surface area contributed by atoms with E-state index < -0.39 is 46.5 Å². The Morgan fingerprint density at radius 1 is 1.14 bits per heavy atom. The predicted octanol–water partition coefficient (Wildman–Crippen LogP) is 3.45. The Balaban J connectivity index is 2.09. The number of rotatable bonds is 6. The fraction of sp³-hybridized carbons (Fsp3) is 0.176. The van der Waals surface area contributed by atoms with Crippen molar-refractivity contribution in [1.82, 2.24) is 0 Å². The molecule has 0 radical (unpaired) electrons. The van der Waals surface area contributed by atoms with E-state index in [4.69, 9.17) is 4.74 Å². The number of nitrogens with one attached hydrogen (secondary N) is 2. The molecule has 0 unspecified atom stereocenters. The summed E-state index contributed by atoms with van der Waals surface area (Å²) in [6.07, 6.45) is -4.77. The van der Waals surface area contributed by atoms with Crippen LogP contribution in [0.1, 0.15) is 15.9 Å². The molecule has 28 heavy (non-hydrogen) atoms. The second kappa shape index (κ2) is 8.37. The highest BCUT2D eigenvalue weighted by atomic mass is 19.4. The molecule has 0 aliphatic heterocycles. The van der Waals surface area contributed by atoms with Gasteiger partial charge in [-0.25, -0.2) is 4.79 Å².